The first-order chi connectivity index (χ1) is 12.5. The summed E-state index contributed by atoms with van der Waals surface area (Å²) in [5, 5.41) is 4.94. The maximum absolute atomic E-state index is 12.5. The normalized spacial score (nSPS) is 14.3. The Balaban J connectivity index is 1.56. The van der Waals surface area contributed by atoms with Crippen LogP contribution in [0.5, 0.6) is 0 Å². The molecule has 0 aromatic heterocycles. The third-order valence-corrected chi connectivity index (χ3v) is 5.83. The number of amides is 1. The molecular weight excluding hydrogens is 348 g/mol. The summed E-state index contributed by atoms with van der Waals surface area (Å²) in [6, 6.07) is 19.6. The van der Waals surface area contributed by atoms with Gasteiger partial charge in [-0.1, -0.05) is 36.4 Å². The monoisotopic (exact) mass is 366 g/mol. The van der Waals surface area contributed by atoms with Crippen molar-refractivity contribution in [2.24, 2.45) is 0 Å². The number of carbonyl (C=O) groups excluding carboxylic acids is 1. The van der Waals surface area contributed by atoms with Crippen LogP contribution in [-0.4, -0.2) is 20.4 Å². The van der Waals surface area contributed by atoms with Crippen molar-refractivity contribution in [1.29, 1.82) is 0 Å². The molecule has 3 aromatic rings. The molecule has 5 nitrogen and oxygen atoms in total. The Morgan fingerprint density at radius 3 is 2.42 bits per heavy atom. The molecule has 2 N–H and O–H groups in total. The van der Waals surface area contributed by atoms with E-state index in [1.165, 1.54) is 12.1 Å². The fourth-order valence-corrected chi connectivity index (χ4v) is 4.11. The van der Waals surface area contributed by atoms with Gasteiger partial charge in [0.1, 0.15) is 0 Å². The smallest absolute Gasteiger partial charge is 0.255 e. The van der Waals surface area contributed by atoms with Gasteiger partial charge in [0.05, 0.1) is 4.90 Å². The molecule has 1 saturated carbocycles. The number of hydrogen-bond donors (Lipinski definition) is 2. The molecule has 0 aliphatic heterocycles. The Labute approximate surface area is 152 Å². The molecule has 0 heterocycles. The van der Waals surface area contributed by atoms with Crippen molar-refractivity contribution < 1.29 is 13.2 Å². The van der Waals surface area contributed by atoms with Gasteiger partial charge in [0.2, 0.25) is 10.0 Å². The highest BCUT2D eigenvalue weighted by atomic mass is 32.2. The van der Waals surface area contributed by atoms with Crippen LogP contribution < -0.4 is 10.0 Å². The van der Waals surface area contributed by atoms with Gasteiger partial charge in [-0.25, -0.2) is 13.1 Å². The fourth-order valence-electron chi connectivity index (χ4n) is 2.76. The zero-order valence-corrected chi connectivity index (χ0v) is 14.8. The second kappa shape index (κ2) is 6.55. The molecule has 132 valence electrons. The Bertz CT molecular complexity index is 1090. The number of hydrogen-bond acceptors (Lipinski definition) is 3. The first-order valence-corrected chi connectivity index (χ1v) is 9.92. The first-order valence-electron chi connectivity index (χ1n) is 8.44. The lowest BCUT2D eigenvalue weighted by Gasteiger charge is -2.09. The van der Waals surface area contributed by atoms with Crippen LogP contribution in [0.1, 0.15) is 23.2 Å². The molecule has 0 spiro atoms. The molecule has 0 radical (unpaired) electrons. The minimum atomic E-state index is -3.58. The predicted octanol–water partition coefficient (Wildman–Crippen LogP) is 3.53. The zero-order valence-electron chi connectivity index (χ0n) is 14.0. The number of nitrogens with one attached hydrogen (secondary N) is 2. The number of rotatable bonds is 5. The highest BCUT2D eigenvalue weighted by Gasteiger charge is 2.28. The molecule has 1 amide bonds. The number of sulfonamides is 1. The molecule has 1 aliphatic rings. The summed E-state index contributed by atoms with van der Waals surface area (Å²) in [6.45, 7) is 0. The quantitative estimate of drug-likeness (QED) is 0.725. The van der Waals surface area contributed by atoms with Crippen molar-refractivity contribution in [1.82, 2.24) is 4.72 Å². The Morgan fingerprint density at radius 2 is 1.65 bits per heavy atom. The van der Waals surface area contributed by atoms with Crippen LogP contribution in [-0.2, 0) is 10.0 Å². The third kappa shape index (κ3) is 3.61. The van der Waals surface area contributed by atoms with E-state index in [1.807, 2.05) is 42.5 Å². The summed E-state index contributed by atoms with van der Waals surface area (Å²) in [7, 11) is -3.58. The van der Waals surface area contributed by atoms with Crippen LogP contribution in [0.2, 0.25) is 0 Å². The lowest BCUT2D eigenvalue weighted by Crippen LogP contribution is -2.26. The van der Waals surface area contributed by atoms with E-state index in [0.29, 0.717) is 11.3 Å². The third-order valence-electron chi connectivity index (χ3n) is 4.31. The highest BCUT2D eigenvalue weighted by Crippen LogP contribution is 2.23. The van der Waals surface area contributed by atoms with Crippen molar-refractivity contribution in [3.05, 3.63) is 72.3 Å². The number of carbonyl (C=O) groups is 1. The first kappa shape index (κ1) is 16.8. The summed E-state index contributed by atoms with van der Waals surface area (Å²) in [6.07, 6.45) is 1.72. The summed E-state index contributed by atoms with van der Waals surface area (Å²) >= 11 is 0. The molecule has 1 fully saturated rings. The maximum Gasteiger partial charge on any atom is 0.255 e. The van der Waals surface area contributed by atoms with E-state index in [0.717, 1.165) is 23.6 Å². The van der Waals surface area contributed by atoms with Crippen LogP contribution in [0.15, 0.2) is 71.6 Å². The molecule has 6 heteroatoms. The summed E-state index contributed by atoms with van der Waals surface area (Å²) in [5.74, 6) is -0.344. The summed E-state index contributed by atoms with van der Waals surface area (Å²) < 4.78 is 27.3. The second-order valence-corrected chi connectivity index (χ2v) is 8.15. The Morgan fingerprint density at radius 1 is 0.885 bits per heavy atom. The molecule has 0 unspecified atom stereocenters. The minimum absolute atomic E-state index is 0.0232. The molecule has 1 aliphatic carbocycles. The van der Waals surface area contributed by atoms with E-state index < -0.39 is 10.0 Å². The Kier molecular flexibility index (Phi) is 4.22. The topological polar surface area (TPSA) is 75.3 Å². The average molecular weight is 366 g/mol. The van der Waals surface area contributed by atoms with E-state index in [4.69, 9.17) is 0 Å². The van der Waals surface area contributed by atoms with Gasteiger partial charge in [0.15, 0.2) is 0 Å². The van der Waals surface area contributed by atoms with Gasteiger partial charge in [-0.05, 0) is 53.9 Å². The highest BCUT2D eigenvalue weighted by molar-refractivity contribution is 7.89. The molecular formula is C20H18N2O3S. The molecule has 0 bridgehead atoms. The fraction of sp³-hybridized carbons (Fsp3) is 0.150. The van der Waals surface area contributed by atoms with Crippen LogP contribution >= 0.6 is 0 Å². The van der Waals surface area contributed by atoms with Gasteiger partial charge in [0.25, 0.3) is 5.91 Å². The zero-order chi connectivity index (χ0) is 18.1. The standard InChI is InChI=1S/C20H18N2O3S/c23-20(21-18-9-8-14-4-1-2-5-15(14)12-18)16-6-3-7-19(13-16)26(24,25)22-17-10-11-17/h1-9,12-13,17,22H,10-11H2,(H,21,23). The summed E-state index contributed by atoms with van der Waals surface area (Å²) in [4.78, 5) is 12.6. The van der Waals surface area contributed by atoms with Gasteiger partial charge >= 0.3 is 0 Å². The SMILES string of the molecule is O=C(Nc1ccc2ccccc2c1)c1cccc(S(=O)(=O)NC2CC2)c1. The lowest BCUT2D eigenvalue weighted by molar-refractivity contribution is 0.102. The number of anilines is 1. The van der Waals surface area contributed by atoms with Gasteiger partial charge in [0, 0.05) is 17.3 Å². The van der Waals surface area contributed by atoms with E-state index in [1.54, 1.807) is 12.1 Å². The molecule has 26 heavy (non-hydrogen) atoms. The van der Waals surface area contributed by atoms with Crippen molar-refractivity contribution in [3.8, 4) is 0 Å². The van der Waals surface area contributed by atoms with Crippen LogP contribution in [0.3, 0.4) is 0 Å². The van der Waals surface area contributed by atoms with Crippen molar-refractivity contribution in [3.63, 3.8) is 0 Å². The minimum Gasteiger partial charge on any atom is -0.322 e. The van der Waals surface area contributed by atoms with E-state index in [9.17, 15) is 13.2 Å². The average Bonchev–Trinajstić information content (AvgIpc) is 3.45. The van der Waals surface area contributed by atoms with Crippen LogP contribution in [0.25, 0.3) is 10.8 Å². The van der Waals surface area contributed by atoms with E-state index in [2.05, 4.69) is 10.0 Å². The molecule has 4 rings (SSSR count). The molecule has 0 saturated heterocycles. The number of fused-ring (bicyclic) bond motifs is 1. The van der Waals surface area contributed by atoms with Gasteiger partial charge in [-0.2, -0.15) is 0 Å². The second-order valence-electron chi connectivity index (χ2n) is 6.44. The Hall–Kier alpha value is -2.70. The van der Waals surface area contributed by atoms with Crippen LogP contribution in [0, 0.1) is 0 Å². The molecule has 0 atom stereocenters. The van der Waals surface area contributed by atoms with Crippen LogP contribution in [0.4, 0.5) is 5.69 Å². The maximum atomic E-state index is 12.5. The van der Waals surface area contributed by atoms with E-state index in [-0.39, 0.29) is 16.8 Å². The predicted molar refractivity (Wildman–Crippen MR) is 102 cm³/mol. The summed E-state index contributed by atoms with van der Waals surface area (Å²) in [5.41, 5.74) is 0.967. The van der Waals surface area contributed by atoms with Gasteiger partial charge in [-0.3, -0.25) is 4.79 Å². The molecule has 3 aromatic carbocycles. The largest absolute Gasteiger partial charge is 0.322 e. The van der Waals surface area contributed by atoms with Gasteiger partial charge < -0.3 is 5.32 Å². The number of benzene rings is 3. The van der Waals surface area contributed by atoms with E-state index >= 15 is 0 Å². The van der Waals surface area contributed by atoms with Crippen molar-refractivity contribution in [2.75, 3.05) is 5.32 Å². The van der Waals surface area contributed by atoms with Crippen molar-refractivity contribution in [2.45, 2.75) is 23.8 Å². The lowest BCUT2D eigenvalue weighted by atomic mass is 10.1. The van der Waals surface area contributed by atoms with Crippen molar-refractivity contribution >= 4 is 32.4 Å². The van der Waals surface area contributed by atoms with Gasteiger partial charge in [-0.15, -0.1) is 0 Å².